The summed E-state index contributed by atoms with van der Waals surface area (Å²) in [6.07, 6.45) is -1.21. The first-order valence-electron chi connectivity index (χ1n) is 5.94. The summed E-state index contributed by atoms with van der Waals surface area (Å²) >= 11 is 0. The maximum atomic E-state index is 11.0. The maximum Gasteiger partial charge on any atom is 0.321 e. The van der Waals surface area contributed by atoms with Crippen molar-refractivity contribution in [2.24, 2.45) is 0 Å². The lowest BCUT2D eigenvalue weighted by atomic mass is 10.2. The van der Waals surface area contributed by atoms with Gasteiger partial charge in [0.15, 0.2) is 0 Å². The summed E-state index contributed by atoms with van der Waals surface area (Å²) < 4.78 is 9.95. The number of hydrogen-bond donors (Lipinski definition) is 3. The first-order valence-corrected chi connectivity index (χ1v) is 5.94. The number of nitrogens with zero attached hydrogens (tertiary/aromatic N) is 1. The number of methoxy groups -OCH3 is 1. The van der Waals surface area contributed by atoms with Crippen LogP contribution in [-0.2, 0) is 14.3 Å². The Morgan fingerprint density at radius 3 is 2.83 bits per heavy atom. The number of ether oxygens (including phenoxy) is 2. The molecule has 0 spiro atoms. The minimum Gasteiger partial charge on any atom is -0.480 e. The second-order valence-electron chi connectivity index (χ2n) is 4.42. The van der Waals surface area contributed by atoms with Crippen LogP contribution < -0.4 is 0 Å². The quantitative estimate of drug-likeness (QED) is 0.460. The van der Waals surface area contributed by atoms with Crippen LogP contribution in [0.2, 0.25) is 0 Å². The molecule has 1 fully saturated rings. The van der Waals surface area contributed by atoms with Gasteiger partial charge in [0.1, 0.15) is 6.04 Å². The summed E-state index contributed by atoms with van der Waals surface area (Å²) in [6.45, 7) is 1.42. The number of aliphatic carboxylic acids is 1. The van der Waals surface area contributed by atoms with Gasteiger partial charge in [-0.2, -0.15) is 0 Å². The number of β-amino-alcohol motifs (C(OH)–C–C–N with tert-alkyl or cyclic N) is 2. The van der Waals surface area contributed by atoms with Crippen molar-refractivity contribution in [2.75, 3.05) is 40.0 Å². The molecule has 1 rings (SSSR count). The van der Waals surface area contributed by atoms with E-state index in [1.165, 1.54) is 0 Å². The van der Waals surface area contributed by atoms with E-state index in [1.54, 1.807) is 12.0 Å². The molecule has 3 atom stereocenters. The predicted molar refractivity (Wildman–Crippen MR) is 62.3 cm³/mol. The number of carboxylic acids is 1. The van der Waals surface area contributed by atoms with Crippen LogP contribution in [0.3, 0.4) is 0 Å². The molecule has 0 aromatic carbocycles. The number of hydrogen-bond acceptors (Lipinski definition) is 6. The summed E-state index contributed by atoms with van der Waals surface area (Å²) in [5, 5.41) is 28.1. The Bertz CT molecular complexity index is 262. The molecule has 0 aromatic heterocycles. The molecule has 0 amide bonds. The molecular weight excluding hydrogens is 242 g/mol. The van der Waals surface area contributed by atoms with Crippen LogP contribution in [-0.4, -0.2) is 84.5 Å². The fraction of sp³-hybridized carbons (Fsp3) is 0.909. The highest BCUT2D eigenvalue weighted by Crippen LogP contribution is 2.18. The van der Waals surface area contributed by atoms with Crippen LogP contribution >= 0.6 is 0 Å². The number of likely N-dealkylation sites (tertiary alicyclic amines) is 1. The van der Waals surface area contributed by atoms with E-state index in [0.29, 0.717) is 13.2 Å². The molecule has 7 nitrogen and oxygen atoms in total. The van der Waals surface area contributed by atoms with Crippen LogP contribution in [0, 0.1) is 0 Å². The van der Waals surface area contributed by atoms with Crippen molar-refractivity contribution in [3.8, 4) is 0 Å². The second-order valence-corrected chi connectivity index (χ2v) is 4.42. The van der Waals surface area contributed by atoms with Gasteiger partial charge in [-0.25, -0.2) is 0 Å². The highest BCUT2D eigenvalue weighted by atomic mass is 16.5. The Morgan fingerprint density at radius 2 is 2.22 bits per heavy atom. The first-order chi connectivity index (χ1) is 8.54. The molecule has 0 aromatic rings. The third-order valence-electron chi connectivity index (χ3n) is 2.85. The Morgan fingerprint density at radius 1 is 1.50 bits per heavy atom. The van der Waals surface area contributed by atoms with Crippen molar-refractivity contribution < 1.29 is 29.6 Å². The zero-order chi connectivity index (χ0) is 13.5. The van der Waals surface area contributed by atoms with Gasteiger partial charge < -0.3 is 24.8 Å². The summed E-state index contributed by atoms with van der Waals surface area (Å²) in [5.41, 5.74) is 0. The van der Waals surface area contributed by atoms with E-state index in [4.69, 9.17) is 14.6 Å². The largest absolute Gasteiger partial charge is 0.480 e. The summed E-state index contributed by atoms with van der Waals surface area (Å²) in [5.74, 6) is -0.973. The van der Waals surface area contributed by atoms with Gasteiger partial charge in [-0.05, 0) is 0 Å². The summed E-state index contributed by atoms with van der Waals surface area (Å²) in [6, 6.07) is -0.728. The Balaban J connectivity index is 2.29. The van der Waals surface area contributed by atoms with E-state index >= 15 is 0 Å². The smallest absolute Gasteiger partial charge is 0.321 e. The van der Waals surface area contributed by atoms with Crippen molar-refractivity contribution in [1.29, 1.82) is 0 Å². The molecule has 0 aliphatic carbocycles. The minimum atomic E-state index is -0.973. The lowest BCUT2D eigenvalue weighted by Gasteiger charge is -2.23. The molecule has 1 aliphatic rings. The Hall–Kier alpha value is -0.730. The van der Waals surface area contributed by atoms with Gasteiger partial charge in [0.05, 0.1) is 32.0 Å². The molecular formula is C11H21NO6. The SMILES string of the molecule is COCCOCC(O)CN1CC(O)CC1C(=O)O. The van der Waals surface area contributed by atoms with Gasteiger partial charge in [0.2, 0.25) is 0 Å². The van der Waals surface area contributed by atoms with Crippen LogP contribution in [0.15, 0.2) is 0 Å². The lowest BCUT2D eigenvalue weighted by molar-refractivity contribution is -0.142. The molecule has 7 heteroatoms. The number of rotatable bonds is 8. The second kappa shape index (κ2) is 7.65. The van der Waals surface area contributed by atoms with E-state index in [2.05, 4.69) is 0 Å². The topological polar surface area (TPSA) is 99.5 Å². The van der Waals surface area contributed by atoms with Crippen molar-refractivity contribution in [3.05, 3.63) is 0 Å². The Kier molecular flexibility index (Phi) is 6.51. The van der Waals surface area contributed by atoms with Crippen molar-refractivity contribution in [1.82, 2.24) is 4.90 Å². The average Bonchev–Trinajstić information content (AvgIpc) is 2.66. The molecule has 3 N–H and O–H groups in total. The normalized spacial score (nSPS) is 26.4. The molecule has 0 bridgehead atoms. The standard InChI is InChI=1S/C11H21NO6/c1-17-2-3-18-7-9(14)6-12-5-8(13)4-10(12)11(15)16/h8-10,13-14H,2-7H2,1H3,(H,15,16). The fourth-order valence-corrected chi connectivity index (χ4v) is 2.02. The first kappa shape index (κ1) is 15.3. The number of aliphatic hydroxyl groups is 2. The van der Waals surface area contributed by atoms with Crippen LogP contribution in [0.5, 0.6) is 0 Å². The average molecular weight is 263 g/mol. The van der Waals surface area contributed by atoms with Gasteiger partial charge in [-0.1, -0.05) is 0 Å². The molecule has 1 saturated heterocycles. The van der Waals surface area contributed by atoms with Crippen molar-refractivity contribution in [3.63, 3.8) is 0 Å². The maximum absolute atomic E-state index is 11.0. The molecule has 1 aliphatic heterocycles. The lowest BCUT2D eigenvalue weighted by Crippen LogP contribution is -2.42. The van der Waals surface area contributed by atoms with E-state index in [1.807, 2.05) is 0 Å². The monoisotopic (exact) mass is 263 g/mol. The Labute approximate surface area is 106 Å². The molecule has 3 unspecified atom stereocenters. The molecule has 18 heavy (non-hydrogen) atoms. The summed E-state index contributed by atoms with van der Waals surface area (Å²) in [7, 11) is 1.56. The number of aliphatic hydroxyl groups excluding tert-OH is 2. The summed E-state index contributed by atoms with van der Waals surface area (Å²) in [4.78, 5) is 12.5. The number of carboxylic acid groups (broad SMARTS) is 1. The van der Waals surface area contributed by atoms with E-state index in [-0.39, 0.29) is 26.1 Å². The van der Waals surface area contributed by atoms with Crippen LogP contribution in [0.25, 0.3) is 0 Å². The van der Waals surface area contributed by atoms with Gasteiger partial charge in [0, 0.05) is 26.6 Å². The predicted octanol–water partition coefficient (Wildman–Crippen LogP) is -1.47. The molecule has 0 radical (unpaired) electrons. The van der Waals surface area contributed by atoms with Gasteiger partial charge in [-0.15, -0.1) is 0 Å². The van der Waals surface area contributed by atoms with Crippen molar-refractivity contribution >= 4 is 5.97 Å². The van der Waals surface area contributed by atoms with Crippen LogP contribution in [0.4, 0.5) is 0 Å². The number of carbonyl (C=O) groups is 1. The third-order valence-corrected chi connectivity index (χ3v) is 2.85. The fourth-order valence-electron chi connectivity index (χ4n) is 2.02. The van der Waals surface area contributed by atoms with Gasteiger partial charge in [-0.3, -0.25) is 9.69 Å². The van der Waals surface area contributed by atoms with Gasteiger partial charge >= 0.3 is 5.97 Å². The van der Waals surface area contributed by atoms with Crippen LogP contribution in [0.1, 0.15) is 6.42 Å². The zero-order valence-electron chi connectivity index (χ0n) is 10.5. The third kappa shape index (κ3) is 4.87. The minimum absolute atomic E-state index is 0.127. The highest BCUT2D eigenvalue weighted by Gasteiger charge is 2.36. The highest BCUT2D eigenvalue weighted by molar-refractivity contribution is 5.74. The van der Waals surface area contributed by atoms with E-state index in [0.717, 1.165) is 0 Å². The molecule has 0 saturated carbocycles. The molecule has 106 valence electrons. The zero-order valence-corrected chi connectivity index (χ0v) is 10.5. The van der Waals surface area contributed by atoms with E-state index in [9.17, 15) is 15.0 Å². The van der Waals surface area contributed by atoms with Crippen molar-refractivity contribution in [2.45, 2.75) is 24.7 Å². The van der Waals surface area contributed by atoms with E-state index < -0.39 is 24.2 Å². The molecule has 1 heterocycles. The van der Waals surface area contributed by atoms with Gasteiger partial charge in [0.25, 0.3) is 0 Å².